The van der Waals surface area contributed by atoms with E-state index in [0.29, 0.717) is 23.2 Å². The van der Waals surface area contributed by atoms with Crippen LogP contribution in [0.4, 0.5) is 5.95 Å². The Balaban J connectivity index is 1.93. The van der Waals surface area contributed by atoms with Gasteiger partial charge in [0.05, 0.1) is 7.11 Å². The molecule has 1 N–H and O–H groups in total. The molecule has 0 unspecified atom stereocenters. The summed E-state index contributed by atoms with van der Waals surface area (Å²) in [4.78, 5) is 8.39. The highest BCUT2D eigenvalue weighted by Crippen LogP contribution is 2.24. The number of hydrogen-bond acceptors (Lipinski definition) is 4. The SMILES string of the molecule is COc1ccnc(NC2CCC(Cl)CC2)n1. The Morgan fingerprint density at radius 2 is 2.12 bits per heavy atom. The summed E-state index contributed by atoms with van der Waals surface area (Å²) in [7, 11) is 1.60. The molecule has 16 heavy (non-hydrogen) atoms. The Bertz CT molecular complexity index is 340. The fraction of sp³-hybridized carbons (Fsp3) is 0.636. The second-order valence-electron chi connectivity index (χ2n) is 4.02. The van der Waals surface area contributed by atoms with Gasteiger partial charge in [-0.05, 0) is 25.7 Å². The Morgan fingerprint density at radius 1 is 1.38 bits per heavy atom. The van der Waals surface area contributed by atoms with E-state index in [-0.39, 0.29) is 0 Å². The minimum absolute atomic E-state index is 0.337. The first kappa shape index (κ1) is 11.5. The Labute approximate surface area is 100 Å². The lowest BCUT2D eigenvalue weighted by atomic mass is 9.95. The average molecular weight is 242 g/mol. The van der Waals surface area contributed by atoms with Crippen LogP contribution in [0, 0.1) is 0 Å². The lowest BCUT2D eigenvalue weighted by Crippen LogP contribution is -2.27. The molecule has 0 atom stereocenters. The monoisotopic (exact) mass is 241 g/mol. The number of hydrogen-bond donors (Lipinski definition) is 1. The largest absolute Gasteiger partial charge is 0.481 e. The number of nitrogens with zero attached hydrogens (tertiary/aromatic N) is 2. The van der Waals surface area contributed by atoms with Crippen molar-refractivity contribution < 1.29 is 4.74 Å². The van der Waals surface area contributed by atoms with Gasteiger partial charge in [0, 0.05) is 23.7 Å². The Kier molecular flexibility index (Phi) is 3.83. The fourth-order valence-electron chi connectivity index (χ4n) is 1.91. The van der Waals surface area contributed by atoms with Gasteiger partial charge in [-0.15, -0.1) is 11.6 Å². The molecule has 5 heteroatoms. The summed E-state index contributed by atoms with van der Waals surface area (Å²) < 4.78 is 5.05. The van der Waals surface area contributed by atoms with Gasteiger partial charge in [0.1, 0.15) is 0 Å². The molecule has 4 nitrogen and oxygen atoms in total. The second-order valence-corrected chi connectivity index (χ2v) is 4.63. The Morgan fingerprint density at radius 3 is 2.81 bits per heavy atom. The third kappa shape index (κ3) is 2.98. The lowest BCUT2D eigenvalue weighted by molar-refractivity contribution is 0.396. The molecule has 1 saturated carbocycles. The van der Waals surface area contributed by atoms with Crippen molar-refractivity contribution in [2.24, 2.45) is 0 Å². The van der Waals surface area contributed by atoms with E-state index in [1.165, 1.54) is 0 Å². The average Bonchev–Trinajstić information content (AvgIpc) is 2.32. The van der Waals surface area contributed by atoms with Crippen molar-refractivity contribution in [3.8, 4) is 5.88 Å². The number of nitrogens with one attached hydrogen (secondary N) is 1. The van der Waals surface area contributed by atoms with Crippen molar-refractivity contribution in [1.29, 1.82) is 0 Å². The summed E-state index contributed by atoms with van der Waals surface area (Å²) >= 11 is 6.05. The summed E-state index contributed by atoms with van der Waals surface area (Å²) in [6, 6.07) is 2.17. The molecule has 0 amide bonds. The molecule has 0 radical (unpaired) electrons. The van der Waals surface area contributed by atoms with Gasteiger partial charge in [-0.3, -0.25) is 0 Å². The van der Waals surface area contributed by atoms with Gasteiger partial charge >= 0.3 is 0 Å². The van der Waals surface area contributed by atoms with Crippen molar-refractivity contribution in [1.82, 2.24) is 9.97 Å². The molecule has 0 saturated heterocycles. The van der Waals surface area contributed by atoms with Crippen LogP contribution in [-0.2, 0) is 0 Å². The summed E-state index contributed by atoms with van der Waals surface area (Å²) in [6.07, 6.45) is 5.97. The van der Waals surface area contributed by atoms with Gasteiger partial charge < -0.3 is 10.1 Å². The number of anilines is 1. The maximum atomic E-state index is 6.05. The number of ether oxygens (including phenoxy) is 1. The van der Waals surface area contributed by atoms with Crippen LogP contribution in [0.3, 0.4) is 0 Å². The summed E-state index contributed by atoms with van der Waals surface area (Å²) in [6.45, 7) is 0. The zero-order valence-corrected chi connectivity index (χ0v) is 10.1. The summed E-state index contributed by atoms with van der Waals surface area (Å²) in [5, 5.41) is 3.65. The minimum atomic E-state index is 0.337. The first-order valence-corrected chi connectivity index (χ1v) is 5.99. The molecular weight excluding hydrogens is 226 g/mol. The van der Waals surface area contributed by atoms with Gasteiger partial charge in [0.25, 0.3) is 0 Å². The zero-order chi connectivity index (χ0) is 11.4. The quantitative estimate of drug-likeness (QED) is 0.826. The van der Waals surface area contributed by atoms with Crippen molar-refractivity contribution in [3.05, 3.63) is 12.3 Å². The first-order valence-electron chi connectivity index (χ1n) is 5.55. The molecule has 0 spiro atoms. The van der Waals surface area contributed by atoms with E-state index < -0.39 is 0 Å². The minimum Gasteiger partial charge on any atom is -0.481 e. The maximum absolute atomic E-state index is 6.05. The first-order chi connectivity index (χ1) is 7.78. The molecule has 1 fully saturated rings. The molecule has 0 aliphatic heterocycles. The smallest absolute Gasteiger partial charge is 0.226 e. The molecule has 0 aromatic carbocycles. The van der Waals surface area contributed by atoms with Crippen LogP contribution >= 0.6 is 11.6 Å². The molecule has 1 aromatic rings. The molecule has 1 aliphatic rings. The van der Waals surface area contributed by atoms with Gasteiger partial charge in [-0.1, -0.05) is 0 Å². The zero-order valence-electron chi connectivity index (χ0n) is 9.32. The van der Waals surface area contributed by atoms with Gasteiger partial charge in [-0.2, -0.15) is 4.98 Å². The highest BCUT2D eigenvalue weighted by Gasteiger charge is 2.19. The van der Waals surface area contributed by atoms with Crippen LogP contribution in [0.15, 0.2) is 12.3 Å². The predicted octanol–water partition coefficient (Wildman–Crippen LogP) is 2.45. The Hall–Kier alpha value is -1.03. The van der Waals surface area contributed by atoms with E-state index in [9.17, 15) is 0 Å². The number of rotatable bonds is 3. The van der Waals surface area contributed by atoms with Crippen LogP contribution in [0.1, 0.15) is 25.7 Å². The van der Waals surface area contributed by atoms with Crippen LogP contribution in [-0.4, -0.2) is 28.5 Å². The van der Waals surface area contributed by atoms with E-state index in [0.717, 1.165) is 25.7 Å². The maximum Gasteiger partial charge on any atom is 0.226 e. The molecule has 2 rings (SSSR count). The van der Waals surface area contributed by atoms with Gasteiger partial charge in [-0.25, -0.2) is 4.98 Å². The fourth-order valence-corrected chi connectivity index (χ4v) is 2.16. The number of methoxy groups -OCH3 is 1. The van der Waals surface area contributed by atoms with Crippen LogP contribution in [0.25, 0.3) is 0 Å². The van der Waals surface area contributed by atoms with Crippen molar-refractivity contribution >= 4 is 17.5 Å². The van der Waals surface area contributed by atoms with Crippen LogP contribution in [0.2, 0.25) is 0 Å². The highest BCUT2D eigenvalue weighted by molar-refractivity contribution is 6.20. The number of alkyl halides is 1. The molecule has 88 valence electrons. The molecular formula is C11H16ClN3O. The topological polar surface area (TPSA) is 47.0 Å². The summed E-state index contributed by atoms with van der Waals surface area (Å²) in [5.41, 5.74) is 0. The standard InChI is InChI=1S/C11H16ClN3O/c1-16-10-6-7-13-11(15-10)14-9-4-2-8(12)3-5-9/h6-9H,2-5H2,1H3,(H,13,14,15). The second kappa shape index (κ2) is 5.34. The van der Waals surface area contributed by atoms with Crippen molar-refractivity contribution in [3.63, 3.8) is 0 Å². The van der Waals surface area contributed by atoms with E-state index in [1.807, 2.05) is 0 Å². The lowest BCUT2D eigenvalue weighted by Gasteiger charge is -2.25. The predicted molar refractivity (Wildman–Crippen MR) is 64.1 cm³/mol. The van der Waals surface area contributed by atoms with E-state index in [2.05, 4.69) is 15.3 Å². The molecule has 1 heterocycles. The molecule has 0 bridgehead atoms. The van der Waals surface area contributed by atoms with Crippen LogP contribution < -0.4 is 10.1 Å². The molecule has 1 aromatic heterocycles. The van der Waals surface area contributed by atoms with Crippen molar-refractivity contribution in [2.75, 3.05) is 12.4 Å². The third-order valence-corrected chi connectivity index (χ3v) is 3.27. The van der Waals surface area contributed by atoms with Gasteiger partial charge in [0.2, 0.25) is 11.8 Å². The molecule has 1 aliphatic carbocycles. The number of halogens is 1. The van der Waals surface area contributed by atoms with E-state index >= 15 is 0 Å². The highest BCUT2D eigenvalue weighted by atomic mass is 35.5. The number of aromatic nitrogens is 2. The normalized spacial score (nSPS) is 25.1. The van der Waals surface area contributed by atoms with E-state index in [1.54, 1.807) is 19.4 Å². The van der Waals surface area contributed by atoms with Crippen molar-refractivity contribution in [2.45, 2.75) is 37.1 Å². The van der Waals surface area contributed by atoms with Gasteiger partial charge in [0.15, 0.2) is 0 Å². The van der Waals surface area contributed by atoms with E-state index in [4.69, 9.17) is 16.3 Å². The van der Waals surface area contributed by atoms with Crippen LogP contribution in [0.5, 0.6) is 5.88 Å². The summed E-state index contributed by atoms with van der Waals surface area (Å²) in [5.74, 6) is 1.22. The third-order valence-electron chi connectivity index (χ3n) is 2.83.